The van der Waals surface area contributed by atoms with E-state index >= 15 is 0 Å². The first-order chi connectivity index (χ1) is 7.90. The van der Waals surface area contributed by atoms with Crippen molar-refractivity contribution >= 4 is 0 Å². The molecule has 2 aromatic rings. The van der Waals surface area contributed by atoms with Crippen molar-refractivity contribution in [2.75, 3.05) is 0 Å². The van der Waals surface area contributed by atoms with Gasteiger partial charge in [0.15, 0.2) is 5.82 Å². The maximum Gasteiger partial charge on any atom is 0.177 e. The molecule has 0 aliphatic heterocycles. The van der Waals surface area contributed by atoms with E-state index < -0.39 is 0 Å². The second-order valence-corrected chi connectivity index (χ2v) is 3.40. The van der Waals surface area contributed by atoms with E-state index in [4.69, 9.17) is 4.74 Å². The summed E-state index contributed by atoms with van der Waals surface area (Å²) in [6, 6.07) is 10.2. The summed E-state index contributed by atoms with van der Waals surface area (Å²) in [5.74, 6) is 0.700. The number of aromatic nitrogens is 4. The molecule has 0 saturated heterocycles. The van der Waals surface area contributed by atoms with Gasteiger partial charge in [0.25, 0.3) is 0 Å². The molecule has 0 aliphatic carbocycles. The molecule has 0 N–H and O–H groups in total. The van der Waals surface area contributed by atoms with E-state index in [9.17, 15) is 0 Å². The average Bonchev–Trinajstić information content (AvgIpc) is 2.76. The summed E-state index contributed by atoms with van der Waals surface area (Å²) in [6.45, 7) is 1.08. The van der Waals surface area contributed by atoms with Crippen molar-refractivity contribution in [3.05, 3.63) is 48.8 Å². The third-order valence-corrected chi connectivity index (χ3v) is 2.29. The normalized spacial score (nSPS) is 10.6. The Hall–Kier alpha value is -1.75. The van der Waals surface area contributed by atoms with Gasteiger partial charge in [-0.05, 0) is 22.4 Å². The minimum Gasteiger partial charge on any atom is -0.371 e. The van der Waals surface area contributed by atoms with Crippen molar-refractivity contribution in [3.63, 3.8) is 0 Å². The summed E-state index contributed by atoms with van der Waals surface area (Å²) >= 11 is 0. The van der Waals surface area contributed by atoms with Crippen LogP contribution in [0.5, 0.6) is 0 Å². The monoisotopic (exact) mass is 217 g/mol. The zero-order valence-corrected chi connectivity index (χ0v) is 8.91. The molecule has 0 bridgehead atoms. The minimum atomic E-state index is 0.335. The van der Waals surface area contributed by atoms with Crippen LogP contribution in [-0.4, -0.2) is 20.2 Å². The van der Waals surface area contributed by atoms with Crippen molar-refractivity contribution in [1.82, 2.24) is 20.2 Å². The molecule has 0 amide bonds. The lowest BCUT2D eigenvalue weighted by molar-refractivity contribution is 0.214. The van der Waals surface area contributed by atoms with E-state index in [2.05, 4.69) is 34.8 Å². The third kappa shape index (κ3) is 2.64. The molecule has 0 unspecified atom stereocenters. The van der Waals surface area contributed by atoms with E-state index in [1.165, 1.54) is 5.56 Å². The Bertz CT molecular complexity index is 427. The molecule has 0 atom stereocenters. The highest BCUT2D eigenvalue weighted by Gasteiger charge is 2.04. The molecule has 0 saturated carbocycles. The van der Waals surface area contributed by atoms with E-state index in [1.807, 2.05) is 18.2 Å². The summed E-state index contributed by atoms with van der Waals surface area (Å²) in [4.78, 5) is 0. The van der Waals surface area contributed by atoms with Crippen LogP contribution in [0.3, 0.4) is 0 Å². The smallest absolute Gasteiger partial charge is 0.177 e. The summed E-state index contributed by atoms with van der Waals surface area (Å²) in [6.07, 6.45) is 0.899. The van der Waals surface area contributed by atoms with E-state index in [1.54, 1.807) is 4.68 Å². The van der Waals surface area contributed by atoms with E-state index in [0.29, 0.717) is 12.4 Å². The molecular formula is C11H13N4O. The molecule has 1 heterocycles. The number of tetrazole rings is 1. The molecule has 0 spiro atoms. The van der Waals surface area contributed by atoms with Crippen molar-refractivity contribution in [1.29, 1.82) is 0 Å². The number of nitrogens with zero attached hydrogens (tertiary/aromatic N) is 4. The van der Waals surface area contributed by atoms with Crippen LogP contribution in [0.25, 0.3) is 0 Å². The van der Waals surface area contributed by atoms with Gasteiger partial charge in [0, 0.05) is 6.54 Å². The standard InChI is InChI=1S/C11H13N4O/c1-16-9-11-12-13-14-15(11)8-7-10-5-3-2-4-6-10/h2-6H,1,7-9H2. The number of rotatable bonds is 5. The fraction of sp³-hybridized carbons (Fsp3) is 0.273. The minimum absolute atomic E-state index is 0.335. The van der Waals surface area contributed by atoms with Crippen LogP contribution in [0, 0.1) is 7.11 Å². The van der Waals surface area contributed by atoms with Crippen molar-refractivity contribution in [2.24, 2.45) is 0 Å². The first-order valence-corrected chi connectivity index (χ1v) is 5.06. The summed E-state index contributed by atoms with van der Waals surface area (Å²) in [5.41, 5.74) is 1.26. The van der Waals surface area contributed by atoms with Crippen LogP contribution >= 0.6 is 0 Å². The number of ether oxygens (including phenoxy) is 1. The van der Waals surface area contributed by atoms with Crippen LogP contribution in [0.15, 0.2) is 30.3 Å². The predicted octanol–water partition coefficient (Wildman–Crippen LogP) is 1.22. The maximum absolute atomic E-state index is 4.77. The number of hydrogen-bond acceptors (Lipinski definition) is 4. The second-order valence-electron chi connectivity index (χ2n) is 3.40. The van der Waals surface area contributed by atoms with Gasteiger partial charge < -0.3 is 4.74 Å². The van der Waals surface area contributed by atoms with Gasteiger partial charge in [-0.1, -0.05) is 30.3 Å². The van der Waals surface area contributed by atoms with Crippen LogP contribution in [0.1, 0.15) is 11.4 Å². The third-order valence-electron chi connectivity index (χ3n) is 2.29. The number of benzene rings is 1. The van der Waals surface area contributed by atoms with Crippen LogP contribution in [0.4, 0.5) is 0 Å². The topological polar surface area (TPSA) is 52.8 Å². The predicted molar refractivity (Wildman–Crippen MR) is 58.1 cm³/mol. The average molecular weight is 217 g/mol. The Morgan fingerprint density at radius 2 is 2.06 bits per heavy atom. The zero-order valence-electron chi connectivity index (χ0n) is 8.91. The molecule has 0 fully saturated rings. The van der Waals surface area contributed by atoms with Crippen LogP contribution < -0.4 is 0 Å². The van der Waals surface area contributed by atoms with Gasteiger partial charge in [0.2, 0.25) is 0 Å². The molecule has 16 heavy (non-hydrogen) atoms. The van der Waals surface area contributed by atoms with Gasteiger partial charge >= 0.3 is 0 Å². The van der Waals surface area contributed by atoms with Gasteiger partial charge in [0.1, 0.15) is 6.61 Å². The first kappa shape index (κ1) is 10.8. The first-order valence-electron chi connectivity index (χ1n) is 5.06. The molecule has 5 nitrogen and oxygen atoms in total. The molecule has 1 aromatic heterocycles. The van der Waals surface area contributed by atoms with Gasteiger partial charge in [-0.3, -0.25) is 0 Å². The van der Waals surface area contributed by atoms with Gasteiger partial charge in [0.05, 0.1) is 7.11 Å². The highest BCUT2D eigenvalue weighted by molar-refractivity contribution is 5.14. The van der Waals surface area contributed by atoms with Gasteiger partial charge in [-0.15, -0.1) is 5.10 Å². The van der Waals surface area contributed by atoms with E-state index in [0.717, 1.165) is 13.0 Å². The maximum atomic E-state index is 4.77. The second kappa shape index (κ2) is 5.37. The SMILES string of the molecule is [CH2]OCc1nnnn1CCc1ccccc1. The van der Waals surface area contributed by atoms with Crippen molar-refractivity contribution < 1.29 is 4.74 Å². The Kier molecular flexibility index (Phi) is 3.61. The number of aryl methyl sites for hydroxylation is 2. The van der Waals surface area contributed by atoms with Crippen molar-refractivity contribution in [3.8, 4) is 0 Å². The Morgan fingerprint density at radius 3 is 2.81 bits per heavy atom. The summed E-state index contributed by atoms with van der Waals surface area (Å²) < 4.78 is 6.50. The Morgan fingerprint density at radius 1 is 1.25 bits per heavy atom. The highest BCUT2D eigenvalue weighted by Crippen LogP contribution is 2.02. The lowest BCUT2D eigenvalue weighted by atomic mass is 10.1. The van der Waals surface area contributed by atoms with Crippen LogP contribution in [0.2, 0.25) is 0 Å². The van der Waals surface area contributed by atoms with Gasteiger partial charge in [-0.2, -0.15) is 0 Å². The quantitative estimate of drug-likeness (QED) is 0.755. The molecule has 2 rings (SSSR count). The lowest BCUT2D eigenvalue weighted by Gasteiger charge is -2.03. The molecule has 0 aliphatic rings. The lowest BCUT2D eigenvalue weighted by Crippen LogP contribution is -2.08. The summed E-state index contributed by atoms with van der Waals surface area (Å²) in [7, 11) is 3.31. The molecule has 1 radical (unpaired) electrons. The van der Waals surface area contributed by atoms with Gasteiger partial charge in [-0.25, -0.2) is 4.68 Å². The fourth-order valence-electron chi connectivity index (χ4n) is 1.47. The molecular weight excluding hydrogens is 204 g/mol. The Balaban J connectivity index is 1.97. The summed E-state index contributed by atoms with van der Waals surface area (Å²) in [5, 5.41) is 11.4. The fourth-order valence-corrected chi connectivity index (χ4v) is 1.47. The van der Waals surface area contributed by atoms with E-state index in [-0.39, 0.29) is 0 Å². The largest absolute Gasteiger partial charge is 0.371 e. The molecule has 83 valence electrons. The Labute approximate surface area is 94.0 Å². The van der Waals surface area contributed by atoms with Crippen molar-refractivity contribution in [2.45, 2.75) is 19.6 Å². The molecule has 5 heteroatoms. The highest BCUT2D eigenvalue weighted by atomic mass is 16.5. The number of hydrogen-bond donors (Lipinski definition) is 0. The molecule has 1 aromatic carbocycles. The van der Waals surface area contributed by atoms with Crippen LogP contribution in [-0.2, 0) is 24.3 Å². The zero-order chi connectivity index (χ0) is 11.2.